The summed E-state index contributed by atoms with van der Waals surface area (Å²) in [7, 11) is 0. The second-order valence-corrected chi connectivity index (χ2v) is 7.52. The Hall–Kier alpha value is -2.50. The average Bonchev–Trinajstić information content (AvgIpc) is 2.94. The normalized spacial score (nSPS) is 11.1. The number of carbonyl (C=O) groups excluding carboxylic acids is 1. The van der Waals surface area contributed by atoms with E-state index in [1.165, 1.54) is 11.8 Å². The molecule has 3 rings (SSSR count). The number of rotatable bonds is 6. The van der Waals surface area contributed by atoms with Crippen molar-refractivity contribution in [1.82, 2.24) is 9.99 Å². The fourth-order valence-electron chi connectivity index (χ4n) is 2.80. The second-order valence-electron chi connectivity index (χ2n) is 6.04. The van der Waals surface area contributed by atoms with E-state index in [1.54, 1.807) is 6.21 Å². The molecule has 0 spiro atoms. The molecule has 0 unspecified atom stereocenters. The van der Waals surface area contributed by atoms with E-state index in [-0.39, 0.29) is 5.91 Å². The van der Waals surface area contributed by atoms with Gasteiger partial charge in [0.05, 0.1) is 12.0 Å². The molecule has 0 saturated carbocycles. The average molecular weight is 398 g/mol. The number of aryl methyl sites for hydroxylation is 1. The molecule has 0 saturated heterocycles. The summed E-state index contributed by atoms with van der Waals surface area (Å²) < 4.78 is 2.11. The van der Waals surface area contributed by atoms with Crippen molar-refractivity contribution in [3.8, 4) is 5.69 Å². The molecule has 0 aliphatic carbocycles. The zero-order valence-electron chi connectivity index (χ0n) is 15.1. The number of carbonyl (C=O) groups is 1. The molecule has 3 aromatic rings. The first-order chi connectivity index (χ1) is 13.0. The number of amides is 1. The first kappa shape index (κ1) is 19.3. The molecule has 0 atom stereocenters. The minimum absolute atomic E-state index is 0.135. The van der Waals surface area contributed by atoms with Crippen molar-refractivity contribution in [3.63, 3.8) is 0 Å². The Bertz CT molecular complexity index is 967. The Kier molecular flexibility index (Phi) is 6.37. The van der Waals surface area contributed by atoms with E-state index in [0.29, 0.717) is 10.8 Å². The number of benzene rings is 2. The Morgan fingerprint density at radius 1 is 1.15 bits per heavy atom. The standard InChI is InChI=1S/C21H20ClN3OS/c1-15-11-17(16(2)25(15)19-8-6-7-18(22)12-19)13-23-24-21(26)14-27-20-9-4-3-5-10-20/h3-13H,14H2,1-2H3,(H,24,26)/b23-13+. The molecule has 1 heterocycles. The molecule has 138 valence electrons. The highest BCUT2D eigenvalue weighted by Crippen LogP contribution is 2.22. The van der Waals surface area contributed by atoms with Crippen LogP contribution in [0.5, 0.6) is 0 Å². The highest BCUT2D eigenvalue weighted by molar-refractivity contribution is 8.00. The molecule has 0 aliphatic heterocycles. The van der Waals surface area contributed by atoms with Crippen LogP contribution in [0.4, 0.5) is 0 Å². The lowest BCUT2D eigenvalue weighted by atomic mass is 10.2. The molecule has 0 radical (unpaired) electrons. The number of hydrogen-bond donors (Lipinski definition) is 1. The number of nitrogens with zero attached hydrogens (tertiary/aromatic N) is 2. The maximum atomic E-state index is 12.0. The van der Waals surface area contributed by atoms with Gasteiger partial charge in [-0.25, -0.2) is 5.43 Å². The second kappa shape index (κ2) is 8.93. The van der Waals surface area contributed by atoms with Crippen LogP contribution in [0.3, 0.4) is 0 Å². The fourth-order valence-corrected chi connectivity index (χ4v) is 3.70. The minimum atomic E-state index is -0.135. The molecule has 1 amide bonds. The molecule has 0 aliphatic rings. The third-order valence-electron chi connectivity index (χ3n) is 4.04. The predicted octanol–water partition coefficient (Wildman–Crippen LogP) is 4.99. The van der Waals surface area contributed by atoms with E-state index >= 15 is 0 Å². The number of hydrogen-bond acceptors (Lipinski definition) is 3. The summed E-state index contributed by atoms with van der Waals surface area (Å²) in [5, 5.41) is 4.80. The zero-order chi connectivity index (χ0) is 19.2. The van der Waals surface area contributed by atoms with Crippen molar-refractivity contribution >= 4 is 35.5 Å². The molecule has 0 fully saturated rings. The van der Waals surface area contributed by atoms with Gasteiger partial charge in [0.25, 0.3) is 0 Å². The Morgan fingerprint density at radius 2 is 1.93 bits per heavy atom. The van der Waals surface area contributed by atoms with Crippen molar-refractivity contribution in [2.24, 2.45) is 5.10 Å². The van der Waals surface area contributed by atoms with Gasteiger partial charge < -0.3 is 4.57 Å². The third-order valence-corrected chi connectivity index (χ3v) is 5.29. The largest absolute Gasteiger partial charge is 0.318 e. The highest BCUT2D eigenvalue weighted by atomic mass is 35.5. The Morgan fingerprint density at radius 3 is 2.67 bits per heavy atom. The monoisotopic (exact) mass is 397 g/mol. The topological polar surface area (TPSA) is 46.4 Å². The Labute approximate surface area is 168 Å². The first-order valence-corrected chi connectivity index (χ1v) is 9.85. The lowest BCUT2D eigenvalue weighted by molar-refractivity contribution is -0.118. The summed E-state index contributed by atoms with van der Waals surface area (Å²) in [6.45, 7) is 4.04. The molecule has 0 bridgehead atoms. The van der Waals surface area contributed by atoms with Crippen LogP contribution in [-0.2, 0) is 4.79 Å². The molecule has 2 aromatic carbocycles. The summed E-state index contributed by atoms with van der Waals surface area (Å²) in [4.78, 5) is 13.0. The van der Waals surface area contributed by atoms with Crippen LogP contribution in [0.2, 0.25) is 5.02 Å². The van der Waals surface area contributed by atoms with E-state index in [9.17, 15) is 4.79 Å². The number of nitrogens with one attached hydrogen (secondary N) is 1. The smallest absolute Gasteiger partial charge is 0.250 e. The van der Waals surface area contributed by atoms with Gasteiger partial charge in [-0.15, -0.1) is 11.8 Å². The Balaban J connectivity index is 1.64. The quantitative estimate of drug-likeness (QED) is 0.362. The molecule has 1 N–H and O–H groups in total. The molecule has 6 heteroatoms. The van der Waals surface area contributed by atoms with Crippen LogP contribution < -0.4 is 5.43 Å². The predicted molar refractivity (Wildman–Crippen MR) is 113 cm³/mol. The first-order valence-electron chi connectivity index (χ1n) is 8.49. The summed E-state index contributed by atoms with van der Waals surface area (Å²) in [5.41, 5.74) is 6.64. The van der Waals surface area contributed by atoms with Gasteiger partial charge in [0.1, 0.15) is 0 Å². The number of halogens is 1. The number of hydrazone groups is 1. The molecular weight excluding hydrogens is 378 g/mol. The van der Waals surface area contributed by atoms with Crippen molar-refractivity contribution in [3.05, 3.63) is 82.6 Å². The SMILES string of the molecule is Cc1cc(/C=N/NC(=O)CSc2ccccc2)c(C)n1-c1cccc(Cl)c1. The number of aromatic nitrogens is 1. The van der Waals surface area contributed by atoms with Gasteiger partial charge in [0.2, 0.25) is 5.91 Å². The van der Waals surface area contributed by atoms with Gasteiger partial charge in [-0.1, -0.05) is 35.9 Å². The van der Waals surface area contributed by atoms with Crippen LogP contribution in [-0.4, -0.2) is 22.4 Å². The van der Waals surface area contributed by atoms with Crippen LogP contribution in [0.1, 0.15) is 17.0 Å². The summed E-state index contributed by atoms with van der Waals surface area (Å²) in [5.74, 6) is 0.187. The summed E-state index contributed by atoms with van der Waals surface area (Å²) >= 11 is 7.59. The summed E-state index contributed by atoms with van der Waals surface area (Å²) in [6.07, 6.45) is 1.68. The van der Waals surface area contributed by atoms with Gasteiger partial charge in [-0.3, -0.25) is 4.79 Å². The van der Waals surface area contributed by atoms with Gasteiger partial charge in [-0.2, -0.15) is 5.10 Å². The maximum absolute atomic E-state index is 12.0. The van der Waals surface area contributed by atoms with E-state index in [2.05, 4.69) is 15.1 Å². The van der Waals surface area contributed by atoms with E-state index < -0.39 is 0 Å². The van der Waals surface area contributed by atoms with Crippen LogP contribution in [0.15, 0.2) is 70.7 Å². The van der Waals surface area contributed by atoms with Crippen LogP contribution in [0.25, 0.3) is 5.69 Å². The third kappa shape index (κ3) is 5.02. The molecule has 27 heavy (non-hydrogen) atoms. The lowest BCUT2D eigenvalue weighted by Gasteiger charge is -2.09. The van der Waals surface area contributed by atoms with E-state index in [0.717, 1.165) is 27.5 Å². The molecular formula is C21H20ClN3OS. The highest BCUT2D eigenvalue weighted by Gasteiger charge is 2.10. The number of thioether (sulfide) groups is 1. The van der Waals surface area contributed by atoms with Crippen molar-refractivity contribution in [2.75, 3.05) is 5.75 Å². The minimum Gasteiger partial charge on any atom is -0.318 e. The summed E-state index contributed by atoms with van der Waals surface area (Å²) in [6, 6.07) is 19.6. The van der Waals surface area contributed by atoms with Gasteiger partial charge >= 0.3 is 0 Å². The lowest BCUT2D eigenvalue weighted by Crippen LogP contribution is -2.19. The van der Waals surface area contributed by atoms with E-state index in [1.807, 2.05) is 74.5 Å². The van der Waals surface area contributed by atoms with Gasteiger partial charge in [0, 0.05) is 32.6 Å². The van der Waals surface area contributed by atoms with Crippen molar-refractivity contribution in [1.29, 1.82) is 0 Å². The molecule has 4 nitrogen and oxygen atoms in total. The fraction of sp³-hybridized carbons (Fsp3) is 0.143. The van der Waals surface area contributed by atoms with Crippen molar-refractivity contribution < 1.29 is 4.79 Å². The maximum Gasteiger partial charge on any atom is 0.250 e. The zero-order valence-corrected chi connectivity index (χ0v) is 16.7. The molecule has 1 aromatic heterocycles. The van der Waals surface area contributed by atoms with E-state index in [4.69, 9.17) is 11.6 Å². The van der Waals surface area contributed by atoms with Gasteiger partial charge in [0.15, 0.2) is 0 Å². The van der Waals surface area contributed by atoms with Gasteiger partial charge in [-0.05, 0) is 50.2 Å². The van der Waals surface area contributed by atoms with Crippen LogP contribution in [0, 0.1) is 13.8 Å². The van der Waals surface area contributed by atoms with Crippen molar-refractivity contribution in [2.45, 2.75) is 18.7 Å². The van der Waals surface area contributed by atoms with Crippen LogP contribution >= 0.6 is 23.4 Å².